The highest BCUT2D eigenvalue weighted by Crippen LogP contribution is 2.28. The molecule has 0 aliphatic carbocycles. The molecule has 2 aromatic rings. The van der Waals surface area contributed by atoms with Crippen LogP contribution >= 0.6 is 11.8 Å². The second-order valence-corrected chi connectivity index (χ2v) is 4.57. The first-order valence-electron chi connectivity index (χ1n) is 4.93. The Morgan fingerprint density at radius 3 is 2.50 bits per heavy atom. The maximum atomic E-state index is 10.7. The normalized spacial score (nSPS) is 10.1. The van der Waals surface area contributed by atoms with Crippen molar-refractivity contribution < 1.29 is 4.79 Å². The van der Waals surface area contributed by atoms with Crippen molar-refractivity contribution in [1.82, 2.24) is 4.98 Å². The Bertz CT molecular complexity index is 497. The predicted molar refractivity (Wildman–Crippen MR) is 64.9 cm³/mol. The quantitative estimate of drug-likeness (QED) is 0.756. The van der Waals surface area contributed by atoms with Crippen molar-refractivity contribution in [3.63, 3.8) is 0 Å². The third-order valence-corrected chi connectivity index (χ3v) is 3.25. The standard InChI is InChI=1S/C13H11NOS/c1-10-8-13(3-2-11(10)9-15)16-12-4-6-14-7-5-12/h2-9H,1H3. The Morgan fingerprint density at radius 2 is 1.88 bits per heavy atom. The molecule has 3 heteroatoms. The molecule has 0 N–H and O–H groups in total. The summed E-state index contributed by atoms with van der Waals surface area (Å²) in [6, 6.07) is 9.77. The van der Waals surface area contributed by atoms with Crippen LogP contribution in [0.15, 0.2) is 52.5 Å². The van der Waals surface area contributed by atoms with E-state index in [1.807, 2.05) is 37.3 Å². The van der Waals surface area contributed by atoms with Crippen molar-refractivity contribution in [2.75, 3.05) is 0 Å². The van der Waals surface area contributed by atoms with E-state index in [-0.39, 0.29) is 0 Å². The number of hydrogen-bond donors (Lipinski definition) is 0. The minimum atomic E-state index is 0.749. The van der Waals surface area contributed by atoms with Crippen LogP contribution in [-0.4, -0.2) is 11.3 Å². The molecule has 2 nitrogen and oxygen atoms in total. The van der Waals surface area contributed by atoms with E-state index in [1.54, 1.807) is 24.2 Å². The number of aldehydes is 1. The SMILES string of the molecule is Cc1cc(Sc2ccncc2)ccc1C=O. The average Bonchev–Trinajstić information content (AvgIpc) is 2.31. The summed E-state index contributed by atoms with van der Waals surface area (Å²) < 4.78 is 0. The lowest BCUT2D eigenvalue weighted by Crippen LogP contribution is -1.86. The van der Waals surface area contributed by atoms with Crippen LogP contribution in [0.25, 0.3) is 0 Å². The van der Waals surface area contributed by atoms with Crippen molar-refractivity contribution in [1.29, 1.82) is 0 Å². The highest BCUT2D eigenvalue weighted by atomic mass is 32.2. The molecule has 1 aromatic heterocycles. The number of hydrogen-bond acceptors (Lipinski definition) is 3. The number of carbonyl (C=O) groups is 1. The summed E-state index contributed by atoms with van der Waals surface area (Å²) in [4.78, 5) is 16.9. The minimum Gasteiger partial charge on any atom is -0.298 e. The summed E-state index contributed by atoms with van der Waals surface area (Å²) in [5, 5.41) is 0. The van der Waals surface area contributed by atoms with Gasteiger partial charge in [0.05, 0.1) is 0 Å². The van der Waals surface area contributed by atoms with Crippen LogP contribution < -0.4 is 0 Å². The molecule has 0 amide bonds. The fourth-order valence-corrected chi connectivity index (χ4v) is 2.29. The first kappa shape index (κ1) is 10.9. The Labute approximate surface area is 98.7 Å². The molecule has 0 radical (unpaired) electrons. The van der Waals surface area contributed by atoms with Crippen LogP contribution in [0.2, 0.25) is 0 Å². The van der Waals surface area contributed by atoms with Gasteiger partial charge in [0.25, 0.3) is 0 Å². The number of aromatic nitrogens is 1. The van der Waals surface area contributed by atoms with E-state index in [0.29, 0.717) is 0 Å². The van der Waals surface area contributed by atoms with Gasteiger partial charge in [0.2, 0.25) is 0 Å². The molecule has 16 heavy (non-hydrogen) atoms. The second kappa shape index (κ2) is 4.94. The Balaban J connectivity index is 2.23. The largest absolute Gasteiger partial charge is 0.298 e. The highest BCUT2D eigenvalue weighted by Gasteiger charge is 2.00. The summed E-state index contributed by atoms with van der Waals surface area (Å²) in [5.41, 5.74) is 1.76. The fraction of sp³-hybridized carbons (Fsp3) is 0.0769. The van der Waals surface area contributed by atoms with Gasteiger partial charge >= 0.3 is 0 Å². The average molecular weight is 229 g/mol. The molecule has 0 fully saturated rings. The molecule has 0 saturated carbocycles. The number of nitrogens with zero attached hydrogens (tertiary/aromatic N) is 1. The van der Waals surface area contributed by atoms with Gasteiger partial charge in [0.15, 0.2) is 0 Å². The van der Waals surface area contributed by atoms with E-state index in [1.165, 1.54) is 0 Å². The highest BCUT2D eigenvalue weighted by molar-refractivity contribution is 7.99. The molecule has 0 atom stereocenters. The number of pyridine rings is 1. The zero-order valence-corrected chi connectivity index (χ0v) is 9.70. The second-order valence-electron chi connectivity index (χ2n) is 3.42. The fourth-order valence-electron chi connectivity index (χ4n) is 1.39. The molecule has 0 unspecified atom stereocenters. The topological polar surface area (TPSA) is 30.0 Å². The van der Waals surface area contributed by atoms with E-state index in [9.17, 15) is 4.79 Å². The van der Waals surface area contributed by atoms with Gasteiger partial charge in [-0.1, -0.05) is 17.8 Å². The molecular weight excluding hydrogens is 218 g/mol. The third kappa shape index (κ3) is 2.49. The number of benzene rings is 1. The van der Waals surface area contributed by atoms with Crippen LogP contribution in [0.1, 0.15) is 15.9 Å². The molecule has 0 saturated heterocycles. The van der Waals surface area contributed by atoms with Crippen molar-refractivity contribution in [2.24, 2.45) is 0 Å². The number of carbonyl (C=O) groups excluding carboxylic acids is 1. The molecule has 0 aliphatic heterocycles. The van der Waals surface area contributed by atoms with Crippen molar-refractivity contribution in [3.8, 4) is 0 Å². The minimum absolute atomic E-state index is 0.749. The summed E-state index contributed by atoms with van der Waals surface area (Å²) in [7, 11) is 0. The van der Waals surface area contributed by atoms with Crippen LogP contribution in [-0.2, 0) is 0 Å². The lowest BCUT2D eigenvalue weighted by atomic mass is 10.1. The van der Waals surface area contributed by atoms with Crippen molar-refractivity contribution in [2.45, 2.75) is 16.7 Å². The maximum Gasteiger partial charge on any atom is 0.150 e. The van der Waals surface area contributed by atoms with E-state index < -0.39 is 0 Å². The zero-order valence-electron chi connectivity index (χ0n) is 8.88. The van der Waals surface area contributed by atoms with Gasteiger partial charge in [-0.25, -0.2) is 0 Å². The molecule has 2 rings (SSSR count). The van der Waals surface area contributed by atoms with Crippen LogP contribution in [0.3, 0.4) is 0 Å². The first-order chi connectivity index (χ1) is 7.79. The molecule has 1 aromatic carbocycles. The zero-order chi connectivity index (χ0) is 11.4. The van der Waals surface area contributed by atoms with Crippen LogP contribution in [0.5, 0.6) is 0 Å². The monoisotopic (exact) mass is 229 g/mol. The van der Waals surface area contributed by atoms with Crippen LogP contribution in [0.4, 0.5) is 0 Å². The summed E-state index contributed by atoms with van der Waals surface area (Å²) in [5.74, 6) is 0. The first-order valence-corrected chi connectivity index (χ1v) is 5.75. The van der Waals surface area contributed by atoms with Gasteiger partial charge in [-0.05, 0) is 36.8 Å². The van der Waals surface area contributed by atoms with Gasteiger partial charge in [0, 0.05) is 27.7 Å². The van der Waals surface area contributed by atoms with E-state index >= 15 is 0 Å². The Hall–Kier alpha value is -1.61. The van der Waals surface area contributed by atoms with Crippen molar-refractivity contribution >= 4 is 18.0 Å². The Morgan fingerprint density at radius 1 is 1.12 bits per heavy atom. The van der Waals surface area contributed by atoms with Crippen molar-refractivity contribution in [3.05, 3.63) is 53.9 Å². The predicted octanol–water partition coefficient (Wildman–Crippen LogP) is 3.35. The molecule has 0 bridgehead atoms. The van der Waals surface area contributed by atoms with E-state index in [2.05, 4.69) is 4.98 Å². The molecule has 0 aliphatic rings. The van der Waals surface area contributed by atoms with Gasteiger partial charge in [-0.15, -0.1) is 0 Å². The van der Waals surface area contributed by atoms with Gasteiger partial charge in [-0.2, -0.15) is 0 Å². The lowest BCUT2D eigenvalue weighted by molar-refractivity contribution is 0.112. The molecule has 0 spiro atoms. The Kier molecular flexibility index (Phi) is 3.37. The summed E-state index contributed by atoms with van der Waals surface area (Å²) in [6.45, 7) is 1.94. The van der Waals surface area contributed by atoms with E-state index in [4.69, 9.17) is 0 Å². The molecule has 80 valence electrons. The number of aryl methyl sites for hydroxylation is 1. The van der Waals surface area contributed by atoms with Crippen LogP contribution in [0, 0.1) is 6.92 Å². The maximum absolute atomic E-state index is 10.7. The molecular formula is C13H11NOS. The van der Waals surface area contributed by atoms with Gasteiger partial charge in [0.1, 0.15) is 6.29 Å². The van der Waals surface area contributed by atoms with E-state index in [0.717, 1.165) is 27.2 Å². The lowest BCUT2D eigenvalue weighted by Gasteiger charge is -2.03. The molecule has 1 heterocycles. The summed E-state index contributed by atoms with van der Waals surface area (Å²) >= 11 is 1.67. The third-order valence-electron chi connectivity index (χ3n) is 2.25. The smallest absolute Gasteiger partial charge is 0.150 e. The summed E-state index contributed by atoms with van der Waals surface area (Å²) in [6.07, 6.45) is 4.43. The van der Waals surface area contributed by atoms with Gasteiger partial charge < -0.3 is 0 Å². The van der Waals surface area contributed by atoms with Gasteiger partial charge in [-0.3, -0.25) is 9.78 Å². The number of rotatable bonds is 3.